The maximum Gasteiger partial charge on any atom is 0.237 e. The van der Waals surface area contributed by atoms with Crippen LogP contribution in [-0.4, -0.2) is 97.9 Å². The summed E-state index contributed by atoms with van der Waals surface area (Å²) in [4.78, 5) is 45.5. The molecule has 11 heteroatoms. The Labute approximate surface area is 281 Å². The largest absolute Gasteiger partial charge is 0.495 e. The van der Waals surface area contributed by atoms with E-state index in [1.165, 1.54) is 11.9 Å². The Bertz CT molecular complexity index is 1800. The number of aromatic nitrogens is 1. The second-order valence-electron chi connectivity index (χ2n) is 12.7. The average Bonchev–Trinajstić information content (AvgIpc) is 3.68. The Morgan fingerprint density at radius 2 is 1.90 bits per heavy atom. The number of nitrogens with zero attached hydrogens (tertiary/aromatic N) is 6. The Morgan fingerprint density at radius 1 is 1.10 bits per heavy atom. The number of carbonyl (C=O) groups excluding carboxylic acids is 2. The number of likely N-dealkylation sites (tertiary alicyclic amines) is 1. The lowest BCUT2D eigenvalue weighted by Crippen LogP contribution is -2.43. The van der Waals surface area contributed by atoms with E-state index in [2.05, 4.69) is 25.9 Å². The van der Waals surface area contributed by atoms with Gasteiger partial charge in [0.2, 0.25) is 11.8 Å². The van der Waals surface area contributed by atoms with Crippen molar-refractivity contribution in [3.05, 3.63) is 94.8 Å². The van der Waals surface area contributed by atoms with Crippen LogP contribution in [0.25, 0.3) is 5.57 Å². The summed E-state index contributed by atoms with van der Waals surface area (Å²) in [5.41, 5.74) is 12.0. The first-order chi connectivity index (χ1) is 23.2. The molecule has 3 aliphatic heterocycles. The predicted molar refractivity (Wildman–Crippen MR) is 189 cm³/mol. The van der Waals surface area contributed by atoms with Gasteiger partial charge in [0.15, 0.2) is 0 Å². The number of amidine groups is 1. The van der Waals surface area contributed by atoms with Crippen molar-refractivity contribution in [2.75, 3.05) is 58.3 Å². The summed E-state index contributed by atoms with van der Waals surface area (Å²) in [5.74, 6) is 1.25. The number of nitrogens with one attached hydrogen (secondary N) is 1. The summed E-state index contributed by atoms with van der Waals surface area (Å²) in [6.45, 7) is 5.41. The number of hydrogen-bond acceptors (Lipinski definition) is 7. The summed E-state index contributed by atoms with van der Waals surface area (Å²) >= 11 is 0. The molecule has 0 radical (unpaired) electrons. The topological polar surface area (TPSA) is 141 Å². The number of carbonyl (C=O) groups is 2. The molecule has 11 nitrogen and oxygen atoms in total. The fourth-order valence-corrected chi connectivity index (χ4v) is 6.87. The lowest BCUT2D eigenvalue weighted by Gasteiger charge is -2.29. The van der Waals surface area contributed by atoms with Crippen molar-refractivity contribution in [3.8, 4) is 5.75 Å². The molecule has 3 N–H and O–H groups in total. The summed E-state index contributed by atoms with van der Waals surface area (Å²) in [6, 6.07) is 17.4. The summed E-state index contributed by atoms with van der Waals surface area (Å²) in [5, 5.41) is 8.82. The number of pyridine rings is 1. The summed E-state index contributed by atoms with van der Waals surface area (Å²) in [7, 11) is 3.23. The molecule has 4 heterocycles. The third kappa shape index (κ3) is 6.64. The highest BCUT2D eigenvalue weighted by Gasteiger charge is 2.51. The Hall–Kier alpha value is -5.16. The molecule has 48 heavy (non-hydrogen) atoms. The quantitative estimate of drug-likeness (QED) is 0.267. The number of aryl methyl sites for hydroxylation is 1. The van der Waals surface area contributed by atoms with Gasteiger partial charge in [0.25, 0.3) is 0 Å². The summed E-state index contributed by atoms with van der Waals surface area (Å²) in [6.07, 6.45) is 7.42. The van der Waals surface area contributed by atoms with Gasteiger partial charge in [-0.2, -0.15) is 0 Å². The molecule has 1 aromatic heterocycles. The molecule has 2 aromatic carbocycles. The van der Waals surface area contributed by atoms with Crippen molar-refractivity contribution in [3.63, 3.8) is 0 Å². The van der Waals surface area contributed by atoms with Crippen molar-refractivity contribution in [2.24, 2.45) is 21.1 Å². The molecule has 2 saturated heterocycles. The van der Waals surface area contributed by atoms with E-state index in [0.717, 1.165) is 53.7 Å². The molecule has 0 aliphatic carbocycles. The van der Waals surface area contributed by atoms with E-state index in [1.807, 2.05) is 59.2 Å². The van der Waals surface area contributed by atoms with Crippen LogP contribution in [0, 0.1) is 17.7 Å². The first kappa shape index (κ1) is 32.8. The first-order valence-electron chi connectivity index (χ1n) is 16.3. The molecule has 3 aliphatic rings. The molecular formula is C37H42N8O3. The highest BCUT2D eigenvalue weighted by molar-refractivity contribution is 6.11. The minimum atomic E-state index is -0.491. The lowest BCUT2D eigenvalue weighted by atomic mass is 9.85. The van der Waals surface area contributed by atoms with Gasteiger partial charge in [0, 0.05) is 50.0 Å². The minimum absolute atomic E-state index is 0.0930. The van der Waals surface area contributed by atoms with Gasteiger partial charge in [0.1, 0.15) is 17.9 Å². The van der Waals surface area contributed by atoms with Gasteiger partial charge in [-0.15, -0.1) is 0 Å². The van der Waals surface area contributed by atoms with Crippen LogP contribution < -0.4 is 15.4 Å². The monoisotopic (exact) mass is 646 g/mol. The van der Waals surface area contributed by atoms with Gasteiger partial charge in [-0.3, -0.25) is 29.9 Å². The van der Waals surface area contributed by atoms with E-state index in [9.17, 15) is 9.59 Å². The van der Waals surface area contributed by atoms with Crippen molar-refractivity contribution < 1.29 is 14.3 Å². The highest BCUT2D eigenvalue weighted by atomic mass is 16.5. The van der Waals surface area contributed by atoms with Crippen molar-refractivity contribution in [1.82, 2.24) is 14.8 Å². The van der Waals surface area contributed by atoms with Crippen molar-refractivity contribution in [2.45, 2.75) is 26.2 Å². The number of hydrogen-bond donors (Lipinski definition) is 2. The predicted octanol–water partition coefficient (Wildman–Crippen LogP) is 3.92. The Kier molecular flexibility index (Phi) is 9.49. The molecule has 0 saturated carbocycles. The minimum Gasteiger partial charge on any atom is -0.495 e. The van der Waals surface area contributed by atoms with Crippen LogP contribution >= 0.6 is 0 Å². The average molecular weight is 647 g/mol. The standard InChI is InChI=1S/C37H42N8O3/c1-25-4-9-29(20-31(25)34(38)32-11-10-30(48-3)21-41-32)45-19-15-37(36(45)47)14-18-43(23-37)22-33(46)44-16-12-27(13-17-44)26-5-7-28(8-6-26)35(39)42-24-40-2/h4-12,20-21,24,38H,13-19,22-23H2,1-3H3,(H2,39,40,42)/t37-/m0/s1. The highest BCUT2D eigenvalue weighted by Crippen LogP contribution is 2.42. The SMILES string of the molecule is CN=CN=C(N)c1ccc(C2=CCN(C(=O)CN3CC[C@]4(CCN(c5ccc(C)c(C(=N)c6ccc(OC)cn6)c5)C4=O)C3)CC2)cc1. The van der Waals surface area contributed by atoms with Crippen LogP contribution in [0.15, 0.2) is 76.9 Å². The Morgan fingerprint density at radius 3 is 2.58 bits per heavy atom. The number of ether oxygens (including phenoxy) is 1. The molecular weight excluding hydrogens is 604 g/mol. The smallest absolute Gasteiger partial charge is 0.237 e. The van der Waals surface area contributed by atoms with Gasteiger partial charge >= 0.3 is 0 Å². The fraction of sp³-hybridized carbons (Fsp3) is 0.351. The van der Waals surface area contributed by atoms with Gasteiger partial charge in [-0.1, -0.05) is 36.4 Å². The zero-order valence-electron chi connectivity index (χ0n) is 27.8. The van der Waals surface area contributed by atoms with Crippen LogP contribution in [0.2, 0.25) is 0 Å². The molecule has 3 aromatic rings. The van der Waals surface area contributed by atoms with Crippen LogP contribution in [0.1, 0.15) is 47.2 Å². The second-order valence-corrected chi connectivity index (χ2v) is 12.7. The lowest BCUT2D eigenvalue weighted by molar-refractivity contribution is -0.132. The Balaban J connectivity index is 1.05. The van der Waals surface area contributed by atoms with Gasteiger partial charge in [0.05, 0.1) is 36.7 Å². The number of nitrogens with two attached hydrogens (primary N) is 1. The van der Waals surface area contributed by atoms with Crippen LogP contribution in [-0.2, 0) is 9.59 Å². The number of benzene rings is 2. The third-order valence-electron chi connectivity index (χ3n) is 9.76. The van der Waals surface area contributed by atoms with Crippen LogP contribution in [0.3, 0.4) is 0 Å². The van der Waals surface area contributed by atoms with Crippen LogP contribution in [0.4, 0.5) is 5.69 Å². The van der Waals surface area contributed by atoms with Gasteiger partial charge in [-0.05, 0) is 73.7 Å². The van der Waals surface area contributed by atoms with Gasteiger partial charge < -0.3 is 20.3 Å². The zero-order valence-corrected chi connectivity index (χ0v) is 27.8. The van der Waals surface area contributed by atoms with Gasteiger partial charge in [-0.25, -0.2) is 4.99 Å². The molecule has 2 fully saturated rings. The number of rotatable bonds is 9. The van der Waals surface area contributed by atoms with Crippen molar-refractivity contribution >= 4 is 41.0 Å². The molecule has 1 atom stereocenters. The molecule has 2 amide bonds. The molecule has 248 valence electrons. The number of amides is 2. The normalized spacial score (nSPS) is 20.2. The van der Waals surface area contributed by atoms with E-state index in [4.69, 9.17) is 15.9 Å². The van der Waals surface area contributed by atoms with E-state index in [0.29, 0.717) is 55.7 Å². The van der Waals surface area contributed by atoms with E-state index in [1.54, 1.807) is 32.5 Å². The van der Waals surface area contributed by atoms with Crippen molar-refractivity contribution in [1.29, 1.82) is 5.41 Å². The van der Waals surface area contributed by atoms with E-state index < -0.39 is 5.41 Å². The number of anilines is 1. The third-order valence-corrected chi connectivity index (χ3v) is 9.76. The number of aliphatic imine (C=N–C) groups is 2. The molecule has 0 unspecified atom stereocenters. The molecule has 1 spiro atoms. The summed E-state index contributed by atoms with van der Waals surface area (Å²) < 4.78 is 5.21. The van der Waals surface area contributed by atoms with E-state index >= 15 is 0 Å². The maximum absolute atomic E-state index is 13.9. The first-order valence-corrected chi connectivity index (χ1v) is 16.3. The fourth-order valence-electron chi connectivity index (χ4n) is 6.87. The molecule has 0 bridgehead atoms. The van der Waals surface area contributed by atoms with E-state index in [-0.39, 0.29) is 11.8 Å². The zero-order chi connectivity index (χ0) is 33.8. The maximum atomic E-state index is 13.9. The second kappa shape index (κ2) is 13.9. The van der Waals surface area contributed by atoms with Crippen LogP contribution in [0.5, 0.6) is 5.75 Å². The number of methoxy groups -OCH3 is 1. The molecule has 6 rings (SSSR count).